The zero-order valence-corrected chi connectivity index (χ0v) is 10.3. The van der Waals surface area contributed by atoms with Gasteiger partial charge in [0, 0.05) is 22.6 Å². The number of rotatable bonds is 4. The van der Waals surface area contributed by atoms with E-state index in [0.29, 0.717) is 6.04 Å². The highest BCUT2D eigenvalue weighted by atomic mass is 79.9. The first-order valence-corrected chi connectivity index (χ1v) is 5.71. The summed E-state index contributed by atoms with van der Waals surface area (Å²) in [6.07, 6.45) is 1.88. The van der Waals surface area contributed by atoms with Crippen LogP contribution in [0.4, 0.5) is 0 Å². The van der Waals surface area contributed by atoms with Crippen molar-refractivity contribution in [3.63, 3.8) is 0 Å². The highest BCUT2D eigenvalue weighted by Gasteiger charge is 2.02. The third-order valence-corrected chi connectivity index (χ3v) is 2.65. The Morgan fingerprint density at radius 2 is 2.36 bits per heavy atom. The van der Waals surface area contributed by atoms with E-state index in [-0.39, 0.29) is 0 Å². The Morgan fingerprint density at radius 1 is 1.57 bits per heavy atom. The molecule has 1 atom stereocenters. The Kier molecular flexibility index (Phi) is 5.23. The van der Waals surface area contributed by atoms with E-state index in [1.54, 1.807) is 0 Å². The molecule has 76 valence electrons. The van der Waals surface area contributed by atoms with Crippen molar-refractivity contribution in [3.05, 3.63) is 45.9 Å². The second-order valence-electron chi connectivity index (χ2n) is 3.05. The largest absolute Gasteiger partial charge is 0.307 e. The number of nitrogens with one attached hydrogen (secondary N) is 1. The van der Waals surface area contributed by atoms with Crippen molar-refractivity contribution in [1.29, 1.82) is 0 Å². The number of hydrogen-bond acceptors (Lipinski definition) is 1. The summed E-state index contributed by atoms with van der Waals surface area (Å²) in [5.74, 6) is 0. The van der Waals surface area contributed by atoms with Crippen molar-refractivity contribution in [2.45, 2.75) is 13.0 Å². The fourth-order valence-electron chi connectivity index (χ4n) is 1.18. The first kappa shape index (κ1) is 11.8. The van der Waals surface area contributed by atoms with Gasteiger partial charge in [-0.25, -0.2) is 0 Å². The Morgan fingerprint density at radius 3 is 3.00 bits per heavy atom. The van der Waals surface area contributed by atoms with Crippen LogP contribution in [0.3, 0.4) is 0 Å². The molecule has 0 aromatic heterocycles. The zero-order chi connectivity index (χ0) is 10.4. The molecule has 0 saturated carbocycles. The van der Waals surface area contributed by atoms with Crippen LogP contribution in [0.5, 0.6) is 0 Å². The number of halogens is 2. The molecule has 0 radical (unpaired) electrons. The Hall–Kier alpha value is -0.310. The van der Waals surface area contributed by atoms with Gasteiger partial charge in [0.25, 0.3) is 0 Å². The third kappa shape index (κ3) is 3.82. The van der Waals surface area contributed by atoms with Crippen molar-refractivity contribution in [3.8, 4) is 0 Å². The smallest absolute Gasteiger partial charge is 0.0295 e. The Bertz CT molecular complexity index is 312. The molecule has 1 rings (SSSR count). The normalized spacial score (nSPS) is 13.4. The van der Waals surface area contributed by atoms with E-state index < -0.39 is 0 Å². The first-order valence-electron chi connectivity index (χ1n) is 4.48. The molecule has 1 N–H and O–H groups in total. The summed E-state index contributed by atoms with van der Waals surface area (Å²) in [6.45, 7) is 2.92. The molecule has 0 heterocycles. The average molecular weight is 275 g/mol. The molecule has 0 aliphatic rings. The van der Waals surface area contributed by atoms with Gasteiger partial charge in [-0.2, -0.15) is 0 Å². The molecular weight excluding hydrogens is 261 g/mol. The lowest BCUT2D eigenvalue weighted by Crippen LogP contribution is -2.18. The van der Waals surface area contributed by atoms with E-state index in [0.717, 1.165) is 11.0 Å². The first-order chi connectivity index (χ1) is 6.74. The van der Waals surface area contributed by atoms with Gasteiger partial charge in [-0.1, -0.05) is 45.7 Å². The lowest BCUT2D eigenvalue weighted by atomic mass is 10.1. The van der Waals surface area contributed by atoms with E-state index in [2.05, 4.69) is 40.3 Å². The second-order valence-corrected chi connectivity index (χ2v) is 4.21. The molecule has 0 fully saturated rings. The van der Waals surface area contributed by atoms with Crippen LogP contribution in [0.15, 0.2) is 40.3 Å². The lowest BCUT2D eigenvalue weighted by molar-refractivity contribution is 0.617. The van der Waals surface area contributed by atoms with Crippen LogP contribution in [0.1, 0.15) is 18.5 Å². The molecular formula is C11H13BrClN. The van der Waals surface area contributed by atoms with Gasteiger partial charge in [0.2, 0.25) is 0 Å². The van der Waals surface area contributed by atoms with Gasteiger partial charge in [0.1, 0.15) is 0 Å². The van der Waals surface area contributed by atoms with Crippen molar-refractivity contribution in [2.75, 3.05) is 6.54 Å². The van der Waals surface area contributed by atoms with Crippen LogP contribution in [0, 0.1) is 0 Å². The van der Waals surface area contributed by atoms with Gasteiger partial charge in [-0.15, -0.1) is 0 Å². The van der Waals surface area contributed by atoms with Gasteiger partial charge in [-0.3, -0.25) is 0 Å². The average Bonchev–Trinajstić information content (AvgIpc) is 2.18. The predicted molar refractivity (Wildman–Crippen MR) is 65.6 cm³/mol. The van der Waals surface area contributed by atoms with Crippen molar-refractivity contribution in [2.24, 2.45) is 0 Å². The fourth-order valence-corrected chi connectivity index (χ4v) is 1.69. The molecule has 1 nitrogen and oxygen atoms in total. The summed E-state index contributed by atoms with van der Waals surface area (Å²) < 4.78 is 1.11. The fraction of sp³-hybridized carbons (Fsp3) is 0.273. The van der Waals surface area contributed by atoms with Gasteiger partial charge in [0.15, 0.2) is 0 Å². The number of hydrogen-bond donors (Lipinski definition) is 1. The molecule has 1 aromatic rings. The van der Waals surface area contributed by atoms with E-state index in [1.807, 2.05) is 18.2 Å². The maximum absolute atomic E-state index is 5.43. The Balaban J connectivity index is 2.55. The van der Waals surface area contributed by atoms with Gasteiger partial charge >= 0.3 is 0 Å². The van der Waals surface area contributed by atoms with E-state index in [4.69, 9.17) is 11.6 Å². The van der Waals surface area contributed by atoms with Crippen LogP contribution in [0.25, 0.3) is 0 Å². The van der Waals surface area contributed by atoms with Gasteiger partial charge in [0.05, 0.1) is 0 Å². The van der Waals surface area contributed by atoms with Crippen molar-refractivity contribution < 1.29 is 0 Å². The summed E-state index contributed by atoms with van der Waals surface area (Å²) in [5.41, 5.74) is 2.79. The quantitative estimate of drug-likeness (QED) is 0.879. The van der Waals surface area contributed by atoms with Gasteiger partial charge in [-0.05, 0) is 24.6 Å². The van der Waals surface area contributed by atoms with E-state index in [9.17, 15) is 0 Å². The topological polar surface area (TPSA) is 12.0 Å². The van der Waals surface area contributed by atoms with E-state index in [1.165, 1.54) is 11.1 Å². The highest BCUT2D eigenvalue weighted by Crippen LogP contribution is 2.17. The molecule has 0 amide bonds. The zero-order valence-electron chi connectivity index (χ0n) is 8.00. The molecule has 14 heavy (non-hydrogen) atoms. The third-order valence-electron chi connectivity index (χ3n) is 1.98. The van der Waals surface area contributed by atoms with Crippen LogP contribution in [-0.4, -0.2) is 6.54 Å². The van der Waals surface area contributed by atoms with Crippen LogP contribution >= 0.6 is 27.5 Å². The monoisotopic (exact) mass is 273 g/mol. The molecule has 0 saturated heterocycles. The second kappa shape index (κ2) is 6.23. The molecule has 0 aliphatic carbocycles. The van der Waals surface area contributed by atoms with Crippen molar-refractivity contribution >= 4 is 27.5 Å². The SMILES string of the molecule is C[C@@H](NC/C=C/Cl)c1cccc(Br)c1. The van der Waals surface area contributed by atoms with E-state index >= 15 is 0 Å². The summed E-state index contributed by atoms with van der Waals surface area (Å²) in [4.78, 5) is 0. The standard InChI is InChI=1S/C11H13BrClN/c1-9(14-7-3-6-13)10-4-2-5-11(12)8-10/h2-6,8-9,14H,7H2,1H3/b6-3+/t9-/m1/s1. The maximum atomic E-state index is 5.43. The molecule has 0 aliphatic heterocycles. The molecule has 0 spiro atoms. The minimum atomic E-state index is 0.334. The minimum absolute atomic E-state index is 0.334. The Labute approximate surface area is 98.3 Å². The van der Waals surface area contributed by atoms with Crippen molar-refractivity contribution in [1.82, 2.24) is 5.32 Å². The van der Waals surface area contributed by atoms with Crippen LogP contribution < -0.4 is 5.32 Å². The van der Waals surface area contributed by atoms with Crippen LogP contribution in [0.2, 0.25) is 0 Å². The summed E-state index contributed by atoms with van der Waals surface area (Å²) >= 11 is 8.88. The highest BCUT2D eigenvalue weighted by molar-refractivity contribution is 9.10. The molecule has 0 unspecified atom stereocenters. The summed E-state index contributed by atoms with van der Waals surface area (Å²) in [7, 11) is 0. The summed E-state index contributed by atoms with van der Waals surface area (Å²) in [6, 6.07) is 8.61. The predicted octanol–water partition coefficient (Wildman–Crippen LogP) is 3.85. The lowest BCUT2D eigenvalue weighted by Gasteiger charge is -2.12. The molecule has 1 aromatic carbocycles. The van der Waals surface area contributed by atoms with Gasteiger partial charge < -0.3 is 5.32 Å². The molecule has 3 heteroatoms. The maximum Gasteiger partial charge on any atom is 0.0295 e. The minimum Gasteiger partial charge on any atom is -0.307 e. The molecule has 0 bridgehead atoms. The van der Waals surface area contributed by atoms with Crippen LogP contribution in [-0.2, 0) is 0 Å². The number of benzene rings is 1. The summed E-state index contributed by atoms with van der Waals surface area (Å²) in [5, 5.41) is 3.33.